The van der Waals surface area contributed by atoms with Gasteiger partial charge < -0.3 is 5.73 Å². The third-order valence-corrected chi connectivity index (χ3v) is 3.21. The van der Waals surface area contributed by atoms with Crippen LogP contribution in [-0.2, 0) is 6.54 Å². The second kappa shape index (κ2) is 4.78. The first kappa shape index (κ1) is 11.3. The minimum atomic E-state index is 0.120. The van der Waals surface area contributed by atoms with Gasteiger partial charge in [-0.1, -0.05) is 6.92 Å². The average molecular weight is 221 g/mol. The lowest BCUT2D eigenvalue weighted by Crippen LogP contribution is -2.17. The molecule has 1 fully saturated rings. The molecule has 1 heterocycles. The topological polar surface area (TPSA) is 60.9 Å². The number of ketones is 1. The summed E-state index contributed by atoms with van der Waals surface area (Å²) < 4.78 is 1.84. The Hall–Kier alpha value is -1.16. The third kappa shape index (κ3) is 2.32. The van der Waals surface area contributed by atoms with E-state index in [1.165, 1.54) is 0 Å². The molecule has 2 N–H and O–H groups in total. The number of carbonyl (C=O) groups excluding carboxylic acids is 1. The predicted octanol–water partition coefficient (Wildman–Crippen LogP) is 1.60. The molecule has 1 aliphatic rings. The van der Waals surface area contributed by atoms with E-state index in [-0.39, 0.29) is 17.7 Å². The molecule has 1 aromatic rings. The Morgan fingerprint density at radius 3 is 3.06 bits per heavy atom. The largest absolute Gasteiger partial charge is 0.328 e. The van der Waals surface area contributed by atoms with Crippen LogP contribution in [-0.4, -0.2) is 21.6 Å². The van der Waals surface area contributed by atoms with Crippen LogP contribution in [0.5, 0.6) is 0 Å². The Bertz CT molecular complexity index is 372. The molecular weight excluding hydrogens is 202 g/mol. The highest BCUT2D eigenvalue weighted by molar-refractivity contribution is 5.97. The van der Waals surface area contributed by atoms with Crippen molar-refractivity contribution in [3.63, 3.8) is 0 Å². The molecule has 0 amide bonds. The maximum absolute atomic E-state index is 12.1. The summed E-state index contributed by atoms with van der Waals surface area (Å²) in [4.78, 5) is 12.1. The van der Waals surface area contributed by atoms with E-state index >= 15 is 0 Å². The maximum atomic E-state index is 12.1. The van der Waals surface area contributed by atoms with Gasteiger partial charge in [0.15, 0.2) is 5.78 Å². The van der Waals surface area contributed by atoms with Crippen LogP contribution in [0.1, 0.15) is 43.0 Å². The SMILES string of the molecule is CCCn1cc(C(=O)C2CCC(N)C2)cn1. The molecule has 4 nitrogen and oxygen atoms in total. The van der Waals surface area contributed by atoms with E-state index in [0.717, 1.165) is 37.8 Å². The fourth-order valence-corrected chi connectivity index (χ4v) is 2.33. The fraction of sp³-hybridized carbons (Fsp3) is 0.667. The molecule has 4 heteroatoms. The fourth-order valence-electron chi connectivity index (χ4n) is 2.33. The zero-order valence-corrected chi connectivity index (χ0v) is 9.72. The molecule has 0 radical (unpaired) electrons. The van der Waals surface area contributed by atoms with Gasteiger partial charge in [-0.3, -0.25) is 9.48 Å². The molecule has 2 rings (SSSR count). The van der Waals surface area contributed by atoms with Crippen molar-refractivity contribution in [1.82, 2.24) is 9.78 Å². The number of nitrogens with zero attached hydrogens (tertiary/aromatic N) is 2. The van der Waals surface area contributed by atoms with E-state index in [2.05, 4.69) is 12.0 Å². The molecule has 1 saturated carbocycles. The van der Waals surface area contributed by atoms with E-state index in [4.69, 9.17) is 5.73 Å². The van der Waals surface area contributed by atoms with Crippen molar-refractivity contribution in [2.24, 2.45) is 11.7 Å². The van der Waals surface area contributed by atoms with Gasteiger partial charge in [0.1, 0.15) is 0 Å². The molecule has 2 unspecified atom stereocenters. The molecule has 1 aromatic heterocycles. The van der Waals surface area contributed by atoms with Crippen LogP contribution in [0.4, 0.5) is 0 Å². The van der Waals surface area contributed by atoms with Crippen LogP contribution in [0.25, 0.3) is 0 Å². The summed E-state index contributed by atoms with van der Waals surface area (Å²) >= 11 is 0. The first-order chi connectivity index (χ1) is 7.70. The van der Waals surface area contributed by atoms with Crippen LogP contribution in [0.3, 0.4) is 0 Å². The molecule has 0 bridgehead atoms. The van der Waals surface area contributed by atoms with Gasteiger partial charge in [-0.05, 0) is 25.7 Å². The average Bonchev–Trinajstić information content (AvgIpc) is 2.87. The summed E-state index contributed by atoms with van der Waals surface area (Å²) in [5.41, 5.74) is 6.56. The van der Waals surface area contributed by atoms with Gasteiger partial charge >= 0.3 is 0 Å². The maximum Gasteiger partial charge on any atom is 0.169 e. The van der Waals surface area contributed by atoms with Gasteiger partial charge in [0.2, 0.25) is 0 Å². The second-order valence-corrected chi connectivity index (χ2v) is 4.63. The lowest BCUT2D eigenvalue weighted by atomic mass is 9.98. The molecule has 16 heavy (non-hydrogen) atoms. The summed E-state index contributed by atoms with van der Waals surface area (Å²) in [6.07, 6.45) is 7.30. The Labute approximate surface area is 95.8 Å². The van der Waals surface area contributed by atoms with Crippen LogP contribution in [0, 0.1) is 5.92 Å². The number of hydrogen-bond donors (Lipinski definition) is 1. The number of aryl methyl sites for hydroxylation is 1. The zero-order valence-electron chi connectivity index (χ0n) is 9.72. The van der Waals surface area contributed by atoms with Gasteiger partial charge in [0.05, 0.1) is 11.8 Å². The van der Waals surface area contributed by atoms with E-state index in [1.54, 1.807) is 6.20 Å². The molecular formula is C12H19N3O. The van der Waals surface area contributed by atoms with Crippen molar-refractivity contribution in [3.05, 3.63) is 18.0 Å². The van der Waals surface area contributed by atoms with Crippen LogP contribution < -0.4 is 5.73 Å². The van der Waals surface area contributed by atoms with Crippen LogP contribution in [0.2, 0.25) is 0 Å². The summed E-state index contributed by atoms with van der Waals surface area (Å²) in [7, 11) is 0. The molecule has 0 aliphatic heterocycles. The zero-order chi connectivity index (χ0) is 11.5. The third-order valence-electron chi connectivity index (χ3n) is 3.21. The van der Waals surface area contributed by atoms with E-state index < -0.39 is 0 Å². The van der Waals surface area contributed by atoms with Crippen molar-refractivity contribution in [2.45, 2.75) is 45.2 Å². The predicted molar refractivity (Wildman–Crippen MR) is 62.2 cm³/mol. The minimum absolute atomic E-state index is 0.120. The summed E-state index contributed by atoms with van der Waals surface area (Å²) in [6, 6.07) is 0.208. The minimum Gasteiger partial charge on any atom is -0.328 e. The Morgan fingerprint density at radius 1 is 1.62 bits per heavy atom. The first-order valence-corrected chi connectivity index (χ1v) is 6.03. The highest BCUT2D eigenvalue weighted by Gasteiger charge is 2.28. The summed E-state index contributed by atoms with van der Waals surface area (Å²) in [5.74, 6) is 0.338. The van der Waals surface area contributed by atoms with Gasteiger partial charge in [0, 0.05) is 24.7 Å². The van der Waals surface area contributed by atoms with Gasteiger partial charge in [-0.15, -0.1) is 0 Å². The van der Waals surface area contributed by atoms with E-state index in [0.29, 0.717) is 0 Å². The number of carbonyl (C=O) groups is 1. The smallest absolute Gasteiger partial charge is 0.169 e. The van der Waals surface area contributed by atoms with Crippen LogP contribution in [0.15, 0.2) is 12.4 Å². The van der Waals surface area contributed by atoms with Crippen molar-refractivity contribution < 1.29 is 4.79 Å². The highest BCUT2D eigenvalue weighted by atomic mass is 16.1. The Balaban J connectivity index is 2.03. The van der Waals surface area contributed by atoms with Gasteiger partial charge in [-0.25, -0.2) is 0 Å². The highest BCUT2D eigenvalue weighted by Crippen LogP contribution is 2.27. The Morgan fingerprint density at radius 2 is 2.44 bits per heavy atom. The number of nitrogens with two attached hydrogens (primary N) is 1. The molecule has 2 atom stereocenters. The number of rotatable bonds is 4. The van der Waals surface area contributed by atoms with Crippen molar-refractivity contribution in [2.75, 3.05) is 0 Å². The first-order valence-electron chi connectivity index (χ1n) is 6.03. The Kier molecular flexibility index (Phi) is 3.39. The molecule has 1 aliphatic carbocycles. The number of hydrogen-bond acceptors (Lipinski definition) is 3. The number of Topliss-reactive ketones (excluding diaryl/α,β-unsaturated/α-hetero) is 1. The molecule has 88 valence electrons. The van der Waals surface area contributed by atoms with E-state index in [1.807, 2.05) is 10.9 Å². The van der Waals surface area contributed by atoms with Crippen molar-refractivity contribution in [3.8, 4) is 0 Å². The van der Waals surface area contributed by atoms with Crippen molar-refractivity contribution in [1.29, 1.82) is 0 Å². The van der Waals surface area contributed by atoms with Crippen molar-refractivity contribution >= 4 is 5.78 Å². The lowest BCUT2D eigenvalue weighted by molar-refractivity contribution is 0.0922. The quantitative estimate of drug-likeness (QED) is 0.786. The molecule has 0 saturated heterocycles. The molecule has 0 aromatic carbocycles. The summed E-state index contributed by atoms with van der Waals surface area (Å²) in [5, 5.41) is 4.18. The molecule has 0 spiro atoms. The second-order valence-electron chi connectivity index (χ2n) is 4.63. The number of aromatic nitrogens is 2. The normalized spacial score (nSPS) is 24.9. The summed E-state index contributed by atoms with van der Waals surface area (Å²) in [6.45, 7) is 2.97. The standard InChI is InChI=1S/C12H19N3O/c1-2-5-15-8-10(7-14-15)12(16)9-3-4-11(13)6-9/h7-9,11H,2-6,13H2,1H3. The van der Waals surface area contributed by atoms with Crippen LogP contribution >= 0.6 is 0 Å². The lowest BCUT2D eigenvalue weighted by Gasteiger charge is -2.05. The van der Waals surface area contributed by atoms with E-state index in [9.17, 15) is 4.79 Å². The van der Waals surface area contributed by atoms with Gasteiger partial charge in [-0.2, -0.15) is 5.10 Å². The van der Waals surface area contributed by atoms with Gasteiger partial charge in [0.25, 0.3) is 0 Å². The monoisotopic (exact) mass is 221 g/mol.